The van der Waals surface area contributed by atoms with Crippen LogP contribution in [0.5, 0.6) is 0 Å². The second kappa shape index (κ2) is 6.25. The molecule has 3 rings (SSSR count). The highest BCUT2D eigenvalue weighted by atomic mass is 16.5. The van der Waals surface area contributed by atoms with Gasteiger partial charge < -0.3 is 15.2 Å². The first-order chi connectivity index (χ1) is 9.78. The highest BCUT2D eigenvalue weighted by Gasteiger charge is 2.53. The topological polar surface area (TPSA) is 41.5 Å². The van der Waals surface area contributed by atoms with E-state index in [1.54, 1.807) is 0 Å². The van der Waals surface area contributed by atoms with E-state index in [1.807, 2.05) is 30.3 Å². The molecule has 1 aromatic carbocycles. The van der Waals surface area contributed by atoms with Crippen molar-refractivity contribution in [2.24, 2.45) is 11.3 Å². The Hall–Kier alpha value is -0.900. The first kappa shape index (κ1) is 14.1. The number of benzene rings is 1. The van der Waals surface area contributed by atoms with Gasteiger partial charge in [-0.15, -0.1) is 0 Å². The van der Waals surface area contributed by atoms with Crippen molar-refractivity contribution in [1.29, 1.82) is 0 Å². The first-order valence-electron chi connectivity index (χ1n) is 7.79. The molecule has 2 aliphatic rings. The average Bonchev–Trinajstić information content (AvgIpc) is 3.33. The Balaban J connectivity index is 1.27. The fourth-order valence-corrected chi connectivity index (χ4v) is 3.02. The maximum Gasteiger partial charge on any atom is 0.0897 e. The van der Waals surface area contributed by atoms with E-state index in [2.05, 4.69) is 5.32 Å². The highest BCUT2D eigenvalue weighted by Crippen LogP contribution is 2.60. The van der Waals surface area contributed by atoms with Crippen LogP contribution in [-0.2, 0) is 11.3 Å². The zero-order valence-corrected chi connectivity index (χ0v) is 12.1. The summed E-state index contributed by atoms with van der Waals surface area (Å²) in [7, 11) is 0. The van der Waals surface area contributed by atoms with E-state index >= 15 is 0 Å². The monoisotopic (exact) mass is 275 g/mol. The number of ether oxygens (including phenoxy) is 1. The molecule has 0 heterocycles. The largest absolute Gasteiger partial charge is 0.389 e. The quantitative estimate of drug-likeness (QED) is 0.727. The molecule has 0 saturated heterocycles. The molecule has 0 amide bonds. The zero-order valence-electron chi connectivity index (χ0n) is 12.1. The molecular formula is C17H25NO2. The van der Waals surface area contributed by atoms with Crippen LogP contribution < -0.4 is 5.32 Å². The van der Waals surface area contributed by atoms with Gasteiger partial charge in [0.1, 0.15) is 0 Å². The van der Waals surface area contributed by atoms with Crippen LogP contribution in [0.2, 0.25) is 0 Å². The fourth-order valence-electron chi connectivity index (χ4n) is 3.02. The van der Waals surface area contributed by atoms with E-state index in [9.17, 15) is 5.11 Å². The summed E-state index contributed by atoms with van der Waals surface area (Å²) in [6, 6.07) is 10.1. The number of hydrogen-bond acceptors (Lipinski definition) is 3. The van der Waals surface area contributed by atoms with Crippen molar-refractivity contribution in [1.82, 2.24) is 5.32 Å². The van der Waals surface area contributed by atoms with Crippen LogP contribution in [0.3, 0.4) is 0 Å². The summed E-state index contributed by atoms with van der Waals surface area (Å²) in [5.41, 5.74) is 1.75. The second-order valence-electron chi connectivity index (χ2n) is 6.42. The lowest BCUT2D eigenvalue weighted by molar-refractivity contribution is 0.0282. The summed E-state index contributed by atoms with van der Waals surface area (Å²) in [5, 5.41) is 13.3. The molecule has 0 aliphatic heterocycles. The molecule has 2 fully saturated rings. The van der Waals surface area contributed by atoms with Crippen LogP contribution in [0.15, 0.2) is 30.3 Å². The Morgan fingerprint density at radius 3 is 2.65 bits per heavy atom. The number of hydrogen-bond donors (Lipinski definition) is 2. The molecular weight excluding hydrogens is 250 g/mol. The smallest absolute Gasteiger partial charge is 0.0897 e. The third-order valence-electron chi connectivity index (χ3n) is 4.61. The van der Waals surface area contributed by atoms with Crippen LogP contribution in [0.25, 0.3) is 0 Å². The zero-order chi connectivity index (χ0) is 13.8. The van der Waals surface area contributed by atoms with E-state index in [0.717, 1.165) is 18.0 Å². The van der Waals surface area contributed by atoms with Crippen LogP contribution in [-0.4, -0.2) is 30.9 Å². The minimum atomic E-state index is -0.409. The van der Waals surface area contributed by atoms with Gasteiger partial charge in [0.05, 0.1) is 19.3 Å². The molecule has 110 valence electrons. The predicted octanol–water partition coefficient (Wildman–Crippen LogP) is 2.34. The molecule has 1 aromatic rings. The molecule has 2 saturated carbocycles. The van der Waals surface area contributed by atoms with Crippen molar-refractivity contribution in [3.63, 3.8) is 0 Å². The summed E-state index contributed by atoms with van der Waals surface area (Å²) < 4.78 is 5.55. The van der Waals surface area contributed by atoms with E-state index in [-0.39, 0.29) is 0 Å². The van der Waals surface area contributed by atoms with Gasteiger partial charge in [0.15, 0.2) is 0 Å². The van der Waals surface area contributed by atoms with Gasteiger partial charge in [-0.05, 0) is 42.6 Å². The molecule has 3 nitrogen and oxygen atoms in total. The number of nitrogens with one attached hydrogen (secondary N) is 1. The van der Waals surface area contributed by atoms with Crippen molar-refractivity contribution in [2.45, 2.75) is 38.4 Å². The molecule has 1 atom stereocenters. The Kier molecular flexibility index (Phi) is 4.39. The maximum atomic E-state index is 9.91. The fraction of sp³-hybridized carbons (Fsp3) is 0.647. The van der Waals surface area contributed by atoms with Crippen molar-refractivity contribution in [3.05, 3.63) is 35.9 Å². The van der Waals surface area contributed by atoms with Gasteiger partial charge in [-0.3, -0.25) is 0 Å². The van der Waals surface area contributed by atoms with Gasteiger partial charge >= 0.3 is 0 Å². The van der Waals surface area contributed by atoms with Gasteiger partial charge in [-0.25, -0.2) is 0 Å². The number of aliphatic hydroxyl groups is 1. The maximum absolute atomic E-state index is 9.91. The SMILES string of the molecule is OC(CNCC1(C2CC2)CC1)COCc1ccccc1. The highest BCUT2D eigenvalue weighted by molar-refractivity contribution is 5.13. The van der Waals surface area contributed by atoms with Crippen LogP contribution in [0.1, 0.15) is 31.2 Å². The van der Waals surface area contributed by atoms with Gasteiger partial charge in [0.25, 0.3) is 0 Å². The number of aliphatic hydroxyl groups excluding tert-OH is 1. The summed E-state index contributed by atoms with van der Waals surface area (Å²) in [6.07, 6.45) is 5.19. The van der Waals surface area contributed by atoms with E-state index in [0.29, 0.717) is 25.2 Å². The predicted molar refractivity (Wildman–Crippen MR) is 79.4 cm³/mol. The van der Waals surface area contributed by atoms with Gasteiger partial charge in [0.2, 0.25) is 0 Å². The summed E-state index contributed by atoms with van der Waals surface area (Å²) in [4.78, 5) is 0. The van der Waals surface area contributed by atoms with E-state index in [4.69, 9.17) is 4.74 Å². The lowest BCUT2D eigenvalue weighted by Gasteiger charge is -2.17. The van der Waals surface area contributed by atoms with Gasteiger partial charge in [0, 0.05) is 13.1 Å². The summed E-state index contributed by atoms with van der Waals surface area (Å²) in [6.45, 7) is 2.69. The van der Waals surface area contributed by atoms with Crippen LogP contribution in [0.4, 0.5) is 0 Å². The third kappa shape index (κ3) is 3.81. The Labute approximate surface area is 121 Å². The lowest BCUT2D eigenvalue weighted by atomic mass is 10.0. The van der Waals surface area contributed by atoms with Crippen molar-refractivity contribution < 1.29 is 9.84 Å². The molecule has 1 unspecified atom stereocenters. The Bertz CT molecular complexity index is 412. The molecule has 0 bridgehead atoms. The van der Waals surface area contributed by atoms with Crippen LogP contribution in [0, 0.1) is 11.3 Å². The standard InChI is InChI=1S/C17H25NO2/c19-16(12-20-11-14-4-2-1-3-5-14)10-18-13-17(8-9-17)15-6-7-15/h1-5,15-16,18-19H,6-13H2. The molecule has 2 aliphatic carbocycles. The van der Waals surface area contributed by atoms with Crippen LogP contribution >= 0.6 is 0 Å². The van der Waals surface area contributed by atoms with Crippen molar-refractivity contribution >= 4 is 0 Å². The average molecular weight is 275 g/mol. The van der Waals surface area contributed by atoms with Crippen molar-refractivity contribution in [2.75, 3.05) is 19.7 Å². The second-order valence-corrected chi connectivity index (χ2v) is 6.42. The molecule has 3 heteroatoms. The van der Waals surface area contributed by atoms with Crippen molar-refractivity contribution in [3.8, 4) is 0 Å². The summed E-state index contributed by atoms with van der Waals surface area (Å²) in [5.74, 6) is 0.974. The van der Waals surface area contributed by atoms with Gasteiger partial charge in [-0.2, -0.15) is 0 Å². The third-order valence-corrected chi connectivity index (χ3v) is 4.61. The normalized spacial score (nSPS) is 21.6. The molecule has 20 heavy (non-hydrogen) atoms. The molecule has 0 aromatic heterocycles. The molecule has 0 spiro atoms. The number of rotatable bonds is 9. The first-order valence-corrected chi connectivity index (χ1v) is 7.79. The minimum Gasteiger partial charge on any atom is -0.389 e. The summed E-state index contributed by atoms with van der Waals surface area (Å²) >= 11 is 0. The lowest BCUT2D eigenvalue weighted by Crippen LogP contribution is -2.34. The van der Waals surface area contributed by atoms with E-state index in [1.165, 1.54) is 25.7 Å². The Morgan fingerprint density at radius 2 is 2.00 bits per heavy atom. The molecule has 2 N–H and O–H groups in total. The molecule has 0 radical (unpaired) electrons. The van der Waals surface area contributed by atoms with Gasteiger partial charge in [-0.1, -0.05) is 30.3 Å². The Morgan fingerprint density at radius 1 is 1.25 bits per heavy atom. The van der Waals surface area contributed by atoms with E-state index < -0.39 is 6.10 Å². The minimum absolute atomic E-state index is 0.401.